The summed E-state index contributed by atoms with van der Waals surface area (Å²) in [7, 11) is 1.41. The molecule has 0 unspecified atom stereocenters. The standard InChI is InChI=1S/C26H34N2O6/c1-32-23(30)12-9-17-7-3-4-8-18(17)15-19-21-10-11-22(34-21)24(19)26-28-20(16-33-26)25(31)27-13-5-2-6-14-29/h3-4,7-8,16,19,21-22,24,29H,2,5-6,9-15H2,1H3,(H,27,31)/t19-,21-,22+,24-/m0/s1. The second-order valence-electron chi connectivity index (χ2n) is 9.14. The molecule has 1 aromatic heterocycles. The number of amides is 1. The number of fused-ring (bicyclic) bond motifs is 2. The SMILES string of the molecule is COC(=O)CCc1ccccc1C[C@@H]1[C@H](c2nc(C(=O)NCCCCCO)co2)[C@H]2CC[C@@H]1O2. The molecule has 1 aromatic carbocycles. The van der Waals surface area contributed by atoms with Crippen LogP contribution in [0, 0.1) is 5.92 Å². The van der Waals surface area contributed by atoms with Crippen molar-refractivity contribution in [1.29, 1.82) is 0 Å². The number of carbonyl (C=O) groups excluding carboxylic acids is 2. The lowest BCUT2D eigenvalue weighted by Crippen LogP contribution is -2.28. The van der Waals surface area contributed by atoms with Gasteiger partial charge in [0.15, 0.2) is 5.69 Å². The predicted octanol–water partition coefficient (Wildman–Crippen LogP) is 3.18. The fraction of sp³-hybridized carbons (Fsp3) is 0.577. The van der Waals surface area contributed by atoms with Crippen LogP contribution in [-0.2, 0) is 27.1 Å². The van der Waals surface area contributed by atoms with Crippen molar-refractivity contribution in [2.75, 3.05) is 20.3 Å². The zero-order valence-corrected chi connectivity index (χ0v) is 19.7. The molecule has 2 bridgehead atoms. The number of unbranched alkanes of at least 4 members (excludes halogenated alkanes) is 2. The number of nitrogens with one attached hydrogen (secondary N) is 1. The molecule has 3 heterocycles. The van der Waals surface area contributed by atoms with Crippen LogP contribution in [0.1, 0.15) is 71.9 Å². The Hall–Kier alpha value is -2.71. The number of aromatic nitrogens is 1. The van der Waals surface area contributed by atoms with Crippen molar-refractivity contribution < 1.29 is 28.6 Å². The maximum atomic E-state index is 12.5. The number of methoxy groups -OCH3 is 1. The molecule has 1 amide bonds. The van der Waals surface area contributed by atoms with Crippen molar-refractivity contribution in [1.82, 2.24) is 10.3 Å². The largest absolute Gasteiger partial charge is 0.469 e. The number of aryl methyl sites for hydroxylation is 1. The minimum Gasteiger partial charge on any atom is -0.469 e. The molecule has 2 aliphatic heterocycles. The number of rotatable bonds is 12. The van der Waals surface area contributed by atoms with Gasteiger partial charge in [-0.15, -0.1) is 0 Å². The van der Waals surface area contributed by atoms with Crippen LogP contribution in [0.25, 0.3) is 0 Å². The number of nitrogens with zero attached hydrogens (tertiary/aromatic N) is 1. The average Bonchev–Trinajstić information content (AvgIpc) is 3.60. The van der Waals surface area contributed by atoms with Crippen molar-refractivity contribution in [3.05, 3.63) is 53.2 Å². The molecule has 2 aliphatic rings. The van der Waals surface area contributed by atoms with E-state index in [0.717, 1.165) is 44.1 Å². The van der Waals surface area contributed by atoms with Crippen LogP contribution in [0.15, 0.2) is 34.9 Å². The van der Waals surface area contributed by atoms with Crippen LogP contribution in [0.3, 0.4) is 0 Å². The molecule has 0 radical (unpaired) electrons. The van der Waals surface area contributed by atoms with E-state index in [2.05, 4.69) is 22.4 Å². The highest BCUT2D eigenvalue weighted by Crippen LogP contribution is 2.49. The quantitative estimate of drug-likeness (QED) is 0.362. The first-order valence-electron chi connectivity index (χ1n) is 12.2. The molecule has 8 heteroatoms. The van der Waals surface area contributed by atoms with Crippen molar-refractivity contribution in [2.24, 2.45) is 5.92 Å². The first-order chi connectivity index (χ1) is 16.6. The van der Waals surface area contributed by atoms with E-state index in [0.29, 0.717) is 25.3 Å². The monoisotopic (exact) mass is 470 g/mol. The Balaban J connectivity index is 1.43. The Morgan fingerprint density at radius 1 is 1.15 bits per heavy atom. The van der Waals surface area contributed by atoms with Crippen LogP contribution < -0.4 is 5.32 Å². The van der Waals surface area contributed by atoms with Crippen molar-refractivity contribution in [2.45, 2.75) is 69.5 Å². The van der Waals surface area contributed by atoms with Gasteiger partial charge in [0.05, 0.1) is 25.2 Å². The topological polar surface area (TPSA) is 111 Å². The van der Waals surface area contributed by atoms with Gasteiger partial charge in [0, 0.05) is 25.5 Å². The Labute approximate surface area is 200 Å². The number of ether oxygens (including phenoxy) is 2. The third-order valence-electron chi connectivity index (χ3n) is 6.98. The molecule has 4 atom stereocenters. The normalized spacial score (nSPS) is 23.2. The van der Waals surface area contributed by atoms with Crippen LogP contribution in [0.2, 0.25) is 0 Å². The number of oxazole rings is 1. The average molecular weight is 471 g/mol. The van der Waals surface area contributed by atoms with Gasteiger partial charge in [-0.2, -0.15) is 0 Å². The van der Waals surface area contributed by atoms with Crippen LogP contribution in [-0.4, -0.2) is 54.4 Å². The van der Waals surface area contributed by atoms with Crippen LogP contribution in [0.5, 0.6) is 0 Å². The van der Waals surface area contributed by atoms with Gasteiger partial charge >= 0.3 is 5.97 Å². The summed E-state index contributed by atoms with van der Waals surface area (Å²) in [4.78, 5) is 28.7. The molecule has 2 fully saturated rings. The molecular formula is C26H34N2O6. The fourth-order valence-electron chi connectivity index (χ4n) is 5.22. The third-order valence-corrected chi connectivity index (χ3v) is 6.98. The van der Waals surface area contributed by atoms with E-state index < -0.39 is 0 Å². The Kier molecular flexibility index (Phi) is 8.34. The summed E-state index contributed by atoms with van der Waals surface area (Å²) in [6.45, 7) is 0.715. The zero-order valence-electron chi connectivity index (χ0n) is 19.7. The molecule has 4 rings (SSSR count). The first-order valence-corrected chi connectivity index (χ1v) is 12.2. The summed E-state index contributed by atoms with van der Waals surface area (Å²) in [5, 5.41) is 11.7. The summed E-state index contributed by atoms with van der Waals surface area (Å²) in [6.07, 6.45) is 7.80. The minimum atomic E-state index is -0.243. The van der Waals surface area contributed by atoms with E-state index in [9.17, 15) is 9.59 Å². The second kappa shape index (κ2) is 11.6. The number of esters is 1. The summed E-state index contributed by atoms with van der Waals surface area (Å²) in [5.74, 6) is 0.307. The van der Waals surface area contributed by atoms with Gasteiger partial charge in [-0.3, -0.25) is 9.59 Å². The lowest BCUT2D eigenvalue weighted by atomic mass is 9.75. The highest BCUT2D eigenvalue weighted by Gasteiger charge is 2.51. The van der Waals surface area contributed by atoms with Crippen LogP contribution in [0.4, 0.5) is 0 Å². The van der Waals surface area contributed by atoms with E-state index in [1.165, 1.54) is 18.9 Å². The van der Waals surface area contributed by atoms with Gasteiger partial charge < -0.3 is 24.3 Å². The molecule has 2 aromatic rings. The fourth-order valence-corrected chi connectivity index (χ4v) is 5.22. The lowest BCUT2D eigenvalue weighted by Gasteiger charge is -2.26. The van der Waals surface area contributed by atoms with Crippen molar-refractivity contribution in [3.63, 3.8) is 0 Å². The van der Waals surface area contributed by atoms with Gasteiger partial charge in [-0.05, 0) is 56.1 Å². The number of benzene rings is 1. The summed E-state index contributed by atoms with van der Waals surface area (Å²) < 4.78 is 16.9. The van der Waals surface area contributed by atoms with Crippen LogP contribution >= 0.6 is 0 Å². The number of aliphatic hydroxyl groups is 1. The highest BCUT2D eigenvalue weighted by atomic mass is 16.5. The third kappa shape index (κ3) is 5.67. The zero-order chi connectivity index (χ0) is 23.9. The van der Waals surface area contributed by atoms with Gasteiger partial charge in [0.1, 0.15) is 6.26 Å². The van der Waals surface area contributed by atoms with Gasteiger partial charge in [-0.1, -0.05) is 24.3 Å². The van der Waals surface area contributed by atoms with Crippen molar-refractivity contribution in [3.8, 4) is 0 Å². The number of aliphatic hydroxyl groups excluding tert-OH is 1. The Morgan fingerprint density at radius 3 is 2.74 bits per heavy atom. The minimum absolute atomic E-state index is 0.00137. The Bertz CT molecular complexity index is 974. The summed E-state index contributed by atoms with van der Waals surface area (Å²) >= 11 is 0. The number of carbonyl (C=O) groups is 2. The van der Waals surface area contributed by atoms with Gasteiger partial charge in [-0.25, -0.2) is 4.98 Å². The molecule has 0 aliphatic carbocycles. The van der Waals surface area contributed by atoms with Gasteiger partial charge in [0.25, 0.3) is 5.91 Å². The smallest absolute Gasteiger partial charge is 0.305 e. The van der Waals surface area contributed by atoms with E-state index in [1.807, 2.05) is 12.1 Å². The highest BCUT2D eigenvalue weighted by molar-refractivity contribution is 5.91. The summed E-state index contributed by atoms with van der Waals surface area (Å²) in [6, 6.07) is 8.19. The first kappa shape index (κ1) is 24.4. The predicted molar refractivity (Wildman–Crippen MR) is 124 cm³/mol. The molecule has 0 saturated carbocycles. The number of hydrogen-bond acceptors (Lipinski definition) is 7. The summed E-state index contributed by atoms with van der Waals surface area (Å²) in [5.41, 5.74) is 2.63. The molecule has 2 N–H and O–H groups in total. The maximum Gasteiger partial charge on any atom is 0.305 e. The molecule has 0 spiro atoms. The molecule has 34 heavy (non-hydrogen) atoms. The maximum absolute atomic E-state index is 12.5. The van der Waals surface area contributed by atoms with E-state index in [4.69, 9.17) is 19.0 Å². The van der Waals surface area contributed by atoms with E-state index in [-0.39, 0.29) is 48.2 Å². The van der Waals surface area contributed by atoms with E-state index in [1.54, 1.807) is 0 Å². The molecular weight excluding hydrogens is 436 g/mol. The lowest BCUT2D eigenvalue weighted by molar-refractivity contribution is -0.140. The Morgan fingerprint density at radius 2 is 1.94 bits per heavy atom. The molecule has 8 nitrogen and oxygen atoms in total. The molecule has 184 valence electrons. The van der Waals surface area contributed by atoms with Crippen molar-refractivity contribution >= 4 is 11.9 Å². The molecule has 2 saturated heterocycles. The second-order valence-corrected chi connectivity index (χ2v) is 9.14. The van der Waals surface area contributed by atoms with Gasteiger partial charge in [0.2, 0.25) is 5.89 Å². The number of hydrogen-bond donors (Lipinski definition) is 2. The van der Waals surface area contributed by atoms with E-state index >= 15 is 0 Å².